The first-order valence-corrected chi connectivity index (χ1v) is 11.5. The van der Waals surface area contributed by atoms with Gasteiger partial charge in [-0.25, -0.2) is 0 Å². The van der Waals surface area contributed by atoms with E-state index in [4.69, 9.17) is 0 Å². The van der Waals surface area contributed by atoms with Crippen molar-refractivity contribution >= 4 is 27.5 Å². The topological polar surface area (TPSA) is 4.93 Å². The van der Waals surface area contributed by atoms with E-state index in [1.165, 1.54) is 60.9 Å². The molecule has 1 heterocycles. The van der Waals surface area contributed by atoms with E-state index in [-0.39, 0.29) is 0 Å². The monoisotopic (exact) mass is 409 g/mol. The van der Waals surface area contributed by atoms with Crippen LogP contribution < -0.4 is 0 Å². The van der Waals surface area contributed by atoms with Crippen molar-refractivity contribution in [1.29, 1.82) is 0 Å². The second kappa shape index (κ2) is 6.83. The number of para-hydroxylation sites is 1. The summed E-state index contributed by atoms with van der Waals surface area (Å²) in [7, 11) is 0. The molecule has 0 radical (unpaired) electrons. The van der Waals surface area contributed by atoms with E-state index in [9.17, 15) is 0 Å². The zero-order chi connectivity index (χ0) is 21.1. The summed E-state index contributed by atoms with van der Waals surface area (Å²) < 4.78 is 2.42. The van der Waals surface area contributed by atoms with Crippen LogP contribution >= 0.6 is 0 Å². The van der Waals surface area contributed by atoms with Gasteiger partial charge in [0.05, 0.1) is 11.0 Å². The number of nitrogens with zero attached hydrogens (tertiary/aromatic N) is 1. The van der Waals surface area contributed by atoms with Crippen molar-refractivity contribution in [2.45, 2.75) is 19.3 Å². The van der Waals surface area contributed by atoms with Crippen LogP contribution in [0.2, 0.25) is 0 Å². The highest BCUT2D eigenvalue weighted by Crippen LogP contribution is 2.40. The molecule has 0 bridgehead atoms. The Morgan fingerprint density at radius 3 is 2.31 bits per heavy atom. The number of rotatable bonds is 2. The third-order valence-electron chi connectivity index (χ3n) is 7.04. The van der Waals surface area contributed by atoms with Crippen molar-refractivity contribution in [3.05, 3.63) is 114 Å². The first-order chi connectivity index (χ1) is 15.9. The minimum absolute atomic E-state index is 1.04. The van der Waals surface area contributed by atoms with Crippen LogP contribution in [0.4, 0.5) is 0 Å². The summed E-state index contributed by atoms with van der Waals surface area (Å²) in [5, 5.41) is 2.63. The molecule has 32 heavy (non-hydrogen) atoms. The van der Waals surface area contributed by atoms with Crippen LogP contribution in [0.3, 0.4) is 0 Å². The van der Waals surface area contributed by atoms with E-state index in [1.807, 2.05) is 0 Å². The third kappa shape index (κ3) is 2.58. The average Bonchev–Trinajstić information content (AvgIpc) is 3.39. The molecule has 2 aliphatic carbocycles. The number of aromatic nitrogens is 1. The van der Waals surface area contributed by atoms with Gasteiger partial charge in [0.2, 0.25) is 0 Å². The second-order valence-corrected chi connectivity index (χ2v) is 8.90. The Hall–Kier alpha value is -3.84. The summed E-state index contributed by atoms with van der Waals surface area (Å²) in [5.74, 6) is 0. The summed E-state index contributed by atoms with van der Waals surface area (Å²) in [6.07, 6.45) is 10.2. The van der Waals surface area contributed by atoms with Gasteiger partial charge in [0, 0.05) is 16.5 Å². The molecule has 2 aliphatic rings. The summed E-state index contributed by atoms with van der Waals surface area (Å²) >= 11 is 0. The highest BCUT2D eigenvalue weighted by Gasteiger charge is 2.19. The molecule has 0 atom stereocenters. The predicted octanol–water partition coefficient (Wildman–Crippen LogP) is 8.22. The number of fused-ring (bicyclic) bond motifs is 6. The lowest BCUT2D eigenvalue weighted by Crippen LogP contribution is -1.96. The van der Waals surface area contributed by atoms with E-state index < -0.39 is 0 Å². The molecular weight excluding hydrogens is 386 g/mol. The summed E-state index contributed by atoms with van der Waals surface area (Å²) in [5.41, 5.74) is 12.0. The smallest absolute Gasteiger partial charge is 0.0541 e. The molecule has 0 amide bonds. The lowest BCUT2D eigenvalue weighted by atomic mass is 9.97. The van der Waals surface area contributed by atoms with Gasteiger partial charge in [0.1, 0.15) is 0 Å². The lowest BCUT2D eigenvalue weighted by molar-refractivity contribution is 1.02. The Kier molecular flexibility index (Phi) is 3.80. The Morgan fingerprint density at radius 1 is 0.594 bits per heavy atom. The van der Waals surface area contributed by atoms with E-state index in [0.29, 0.717) is 0 Å². The minimum atomic E-state index is 1.04. The van der Waals surface area contributed by atoms with Crippen LogP contribution in [0.25, 0.3) is 49.8 Å². The fraction of sp³-hybridized carbons (Fsp3) is 0.0968. The Labute approximate surface area is 187 Å². The molecule has 5 aromatic rings. The largest absolute Gasteiger partial charge is 0.310 e. The molecule has 0 N–H and O–H groups in total. The van der Waals surface area contributed by atoms with Crippen molar-refractivity contribution in [3.63, 3.8) is 0 Å². The highest BCUT2D eigenvalue weighted by molar-refractivity contribution is 6.11. The van der Waals surface area contributed by atoms with Crippen molar-refractivity contribution in [3.8, 4) is 22.3 Å². The molecule has 0 saturated carbocycles. The SMILES string of the molecule is C1=CC(n2c3ccccc3c3cc(-c4ccc5c(c4)-c4ccccc4C5)ccc32)=CCC1. The Morgan fingerprint density at radius 2 is 1.38 bits per heavy atom. The van der Waals surface area contributed by atoms with Crippen LogP contribution in [0.15, 0.2) is 103 Å². The van der Waals surface area contributed by atoms with Crippen LogP contribution in [0.1, 0.15) is 24.0 Å². The van der Waals surface area contributed by atoms with Crippen LogP contribution in [-0.2, 0) is 6.42 Å². The molecule has 1 nitrogen and oxygen atoms in total. The second-order valence-electron chi connectivity index (χ2n) is 8.90. The lowest BCUT2D eigenvalue weighted by Gasteiger charge is -2.12. The maximum Gasteiger partial charge on any atom is 0.0541 e. The van der Waals surface area contributed by atoms with Gasteiger partial charge in [0.15, 0.2) is 0 Å². The summed E-state index contributed by atoms with van der Waals surface area (Å²) in [6.45, 7) is 0. The molecule has 0 unspecified atom stereocenters. The maximum absolute atomic E-state index is 2.42. The summed E-state index contributed by atoms with van der Waals surface area (Å²) in [4.78, 5) is 0. The van der Waals surface area contributed by atoms with E-state index in [2.05, 4.69) is 108 Å². The van der Waals surface area contributed by atoms with Gasteiger partial charge < -0.3 is 4.57 Å². The van der Waals surface area contributed by atoms with E-state index in [1.54, 1.807) is 0 Å². The average molecular weight is 410 g/mol. The van der Waals surface area contributed by atoms with E-state index >= 15 is 0 Å². The quantitative estimate of drug-likeness (QED) is 0.271. The molecule has 0 saturated heterocycles. The normalized spacial score (nSPS) is 14.6. The zero-order valence-corrected chi connectivity index (χ0v) is 17.9. The van der Waals surface area contributed by atoms with Crippen molar-refractivity contribution in [1.82, 2.24) is 4.57 Å². The first-order valence-electron chi connectivity index (χ1n) is 11.5. The maximum atomic E-state index is 2.42. The number of allylic oxidation sites excluding steroid dienone is 4. The first kappa shape index (κ1) is 17.8. The minimum Gasteiger partial charge on any atom is -0.310 e. The van der Waals surface area contributed by atoms with E-state index in [0.717, 1.165) is 19.3 Å². The van der Waals surface area contributed by atoms with Gasteiger partial charge in [-0.15, -0.1) is 0 Å². The van der Waals surface area contributed by atoms with Gasteiger partial charge in [0.25, 0.3) is 0 Å². The highest BCUT2D eigenvalue weighted by atomic mass is 15.0. The van der Waals surface area contributed by atoms with Gasteiger partial charge in [-0.3, -0.25) is 0 Å². The molecule has 7 rings (SSSR count). The van der Waals surface area contributed by atoms with Gasteiger partial charge >= 0.3 is 0 Å². The predicted molar refractivity (Wildman–Crippen MR) is 136 cm³/mol. The molecule has 0 fully saturated rings. The number of hydrogen-bond acceptors (Lipinski definition) is 0. The Balaban J connectivity index is 1.43. The molecule has 0 spiro atoms. The standard InChI is InChI=1S/C31H23N/c1-2-9-25(10-3-1)32-30-13-7-6-12-27(30)29-20-22(16-17-31(29)32)21-14-15-24-18-23-8-4-5-11-26(23)28(24)19-21/h2,4-17,19-20H,1,3,18H2. The third-order valence-corrected chi connectivity index (χ3v) is 7.04. The number of hydrogen-bond donors (Lipinski definition) is 0. The molecule has 1 heteroatoms. The van der Waals surface area contributed by atoms with Gasteiger partial charge in [-0.2, -0.15) is 0 Å². The molecule has 1 aromatic heterocycles. The van der Waals surface area contributed by atoms with Crippen LogP contribution in [-0.4, -0.2) is 4.57 Å². The zero-order valence-electron chi connectivity index (χ0n) is 17.9. The molecular formula is C31H23N. The molecule has 0 aliphatic heterocycles. The molecule has 4 aromatic carbocycles. The van der Waals surface area contributed by atoms with Crippen LogP contribution in [0, 0.1) is 0 Å². The van der Waals surface area contributed by atoms with Crippen molar-refractivity contribution in [2.75, 3.05) is 0 Å². The summed E-state index contributed by atoms with van der Waals surface area (Å²) in [6, 6.07) is 31.5. The number of benzene rings is 4. The fourth-order valence-corrected chi connectivity index (χ4v) is 5.50. The van der Waals surface area contributed by atoms with Crippen molar-refractivity contribution < 1.29 is 0 Å². The van der Waals surface area contributed by atoms with Crippen LogP contribution in [0.5, 0.6) is 0 Å². The molecule has 152 valence electrons. The van der Waals surface area contributed by atoms with Crippen molar-refractivity contribution in [2.24, 2.45) is 0 Å². The fourth-order valence-electron chi connectivity index (χ4n) is 5.50. The van der Waals surface area contributed by atoms with Gasteiger partial charge in [-0.05, 0) is 83.0 Å². The van der Waals surface area contributed by atoms with Gasteiger partial charge in [-0.1, -0.05) is 72.8 Å². The Bertz CT molecular complexity index is 1590.